The van der Waals surface area contributed by atoms with E-state index in [9.17, 15) is 18.0 Å². The van der Waals surface area contributed by atoms with E-state index in [1.165, 1.54) is 109 Å². The minimum absolute atomic E-state index is 0.0000548. The summed E-state index contributed by atoms with van der Waals surface area (Å²) in [5.41, 5.74) is 0. The first-order chi connectivity index (χ1) is 29.2. The van der Waals surface area contributed by atoms with Gasteiger partial charge in [-0.1, -0.05) is 169 Å². The highest BCUT2D eigenvalue weighted by atomic mass is 32.2. The average molecular weight is 869 g/mol. The molecule has 1 N–H and O–H groups in total. The first-order valence-electron chi connectivity index (χ1n) is 26.3. The molecule has 0 aromatic carbocycles. The number of rotatable bonds is 46. The molecule has 1 atom stereocenters. The second-order valence-corrected chi connectivity index (χ2v) is 20.6. The zero-order chi connectivity index (χ0) is 43.8. The van der Waals surface area contributed by atoms with Gasteiger partial charge in [-0.25, -0.2) is 13.1 Å². The Hall–Kier alpha value is -1.19. The molecule has 1 aliphatic carbocycles. The molecule has 60 heavy (non-hydrogen) atoms. The number of ether oxygens (including phenoxy) is 2. The monoisotopic (exact) mass is 869 g/mol. The summed E-state index contributed by atoms with van der Waals surface area (Å²) in [6, 6.07) is 0. The van der Waals surface area contributed by atoms with Gasteiger partial charge >= 0.3 is 11.9 Å². The van der Waals surface area contributed by atoms with Crippen LogP contribution in [0.1, 0.15) is 272 Å². The van der Waals surface area contributed by atoms with Gasteiger partial charge < -0.3 is 14.4 Å². The molecule has 356 valence electrons. The molecule has 0 aromatic heterocycles. The number of hydrogen-bond acceptors (Lipinski definition) is 7. The number of sulfonamides is 1. The topological polar surface area (TPSA) is 102 Å². The van der Waals surface area contributed by atoms with Gasteiger partial charge in [0.05, 0.1) is 5.25 Å². The van der Waals surface area contributed by atoms with Crippen molar-refractivity contribution in [3.05, 3.63) is 0 Å². The molecule has 1 unspecified atom stereocenters. The van der Waals surface area contributed by atoms with E-state index in [1.54, 1.807) is 0 Å². The van der Waals surface area contributed by atoms with Crippen molar-refractivity contribution in [1.82, 2.24) is 9.62 Å². The lowest BCUT2D eigenvalue weighted by Gasteiger charge is -2.26. The molecule has 1 saturated carbocycles. The van der Waals surface area contributed by atoms with E-state index in [4.69, 9.17) is 9.47 Å². The summed E-state index contributed by atoms with van der Waals surface area (Å²) < 4.78 is 39.8. The average Bonchev–Trinajstić information content (AvgIpc) is 3.20. The maximum atomic E-state index is 12.9. The second-order valence-electron chi connectivity index (χ2n) is 18.5. The Labute approximate surface area is 373 Å². The second kappa shape index (κ2) is 40.6. The van der Waals surface area contributed by atoms with Crippen LogP contribution >= 0.6 is 0 Å². The highest BCUT2D eigenvalue weighted by molar-refractivity contribution is 7.90. The maximum Gasteiger partial charge on any atom is 0.306 e. The standard InChI is InChI=1S/C51H100N2O6S/c1-5-9-12-15-20-27-36-47(8-4)58-50(54)41-30-23-18-25-32-44-53(46-35-43-52-60(56,57)49-39-34-40-49)45-33-26-19-24-31-42-51(55)59-48(37-28-21-16-13-10-6-2)38-29-22-17-14-11-7-3/h47-49,52H,5-46H2,1-4H3. The molecular weight excluding hydrogens is 769 g/mol. The zero-order valence-corrected chi connectivity index (χ0v) is 41.1. The maximum absolute atomic E-state index is 12.9. The molecule has 1 rings (SSSR count). The van der Waals surface area contributed by atoms with Crippen LogP contribution in [-0.2, 0) is 29.1 Å². The smallest absolute Gasteiger partial charge is 0.306 e. The Morgan fingerprint density at radius 2 is 0.867 bits per heavy atom. The van der Waals surface area contributed by atoms with Gasteiger partial charge in [0.2, 0.25) is 10.0 Å². The van der Waals surface area contributed by atoms with Crippen molar-refractivity contribution in [2.45, 2.75) is 289 Å². The number of nitrogens with one attached hydrogen (secondary N) is 1. The summed E-state index contributed by atoms with van der Waals surface area (Å²) in [6.45, 7) is 12.4. The quantitative estimate of drug-likeness (QED) is 0.0480. The fourth-order valence-electron chi connectivity index (χ4n) is 8.48. The summed E-state index contributed by atoms with van der Waals surface area (Å²) in [4.78, 5) is 27.9. The molecule has 0 radical (unpaired) electrons. The van der Waals surface area contributed by atoms with E-state index in [-0.39, 0.29) is 29.4 Å². The Bertz CT molecular complexity index is 1070. The Morgan fingerprint density at radius 3 is 1.28 bits per heavy atom. The molecular formula is C51H100N2O6S. The lowest BCUT2D eigenvalue weighted by molar-refractivity contribution is -0.150. The van der Waals surface area contributed by atoms with Crippen molar-refractivity contribution in [3.63, 3.8) is 0 Å². The third kappa shape index (κ3) is 33.4. The van der Waals surface area contributed by atoms with Gasteiger partial charge in [0.1, 0.15) is 12.2 Å². The fourth-order valence-corrected chi connectivity index (χ4v) is 10.1. The van der Waals surface area contributed by atoms with Crippen molar-refractivity contribution in [2.24, 2.45) is 0 Å². The van der Waals surface area contributed by atoms with Crippen LogP contribution in [0.15, 0.2) is 0 Å². The van der Waals surface area contributed by atoms with Crippen molar-refractivity contribution in [2.75, 3.05) is 26.2 Å². The third-order valence-electron chi connectivity index (χ3n) is 12.8. The first-order valence-corrected chi connectivity index (χ1v) is 27.9. The highest BCUT2D eigenvalue weighted by Crippen LogP contribution is 2.25. The van der Waals surface area contributed by atoms with E-state index in [0.717, 1.165) is 142 Å². The van der Waals surface area contributed by atoms with Crippen molar-refractivity contribution < 1.29 is 27.5 Å². The highest BCUT2D eigenvalue weighted by Gasteiger charge is 2.30. The van der Waals surface area contributed by atoms with Crippen LogP contribution in [0.3, 0.4) is 0 Å². The number of hydrogen-bond donors (Lipinski definition) is 1. The SMILES string of the molecule is CCCCCCCCC(CC)OC(=O)CCCCCCCN(CCCCCCCC(=O)OC(CCCCCCCC)CCCCCCCC)CCCNS(=O)(=O)C1CCC1. The largest absolute Gasteiger partial charge is 0.462 e. The van der Waals surface area contributed by atoms with Gasteiger partial charge in [0.15, 0.2) is 0 Å². The molecule has 0 aliphatic heterocycles. The Balaban J connectivity index is 2.37. The molecule has 1 fully saturated rings. The van der Waals surface area contributed by atoms with Gasteiger partial charge in [0.25, 0.3) is 0 Å². The number of unbranched alkanes of at least 4 members (excludes halogenated alkanes) is 23. The van der Waals surface area contributed by atoms with Crippen LogP contribution in [-0.4, -0.2) is 68.9 Å². The van der Waals surface area contributed by atoms with Crippen molar-refractivity contribution in [1.29, 1.82) is 0 Å². The molecule has 1 aliphatic rings. The predicted molar refractivity (Wildman–Crippen MR) is 255 cm³/mol. The summed E-state index contributed by atoms with van der Waals surface area (Å²) in [5, 5.41) is -0.188. The van der Waals surface area contributed by atoms with E-state index in [1.807, 2.05) is 0 Å². The van der Waals surface area contributed by atoms with Gasteiger partial charge in [-0.05, 0) is 110 Å². The van der Waals surface area contributed by atoms with Gasteiger partial charge in [-0.3, -0.25) is 9.59 Å². The normalized spacial score (nSPS) is 13.9. The van der Waals surface area contributed by atoms with Gasteiger partial charge in [-0.2, -0.15) is 0 Å². The Kier molecular flexibility index (Phi) is 38.4. The van der Waals surface area contributed by atoms with Crippen molar-refractivity contribution in [3.8, 4) is 0 Å². The fraction of sp³-hybridized carbons (Fsp3) is 0.961. The van der Waals surface area contributed by atoms with Crippen LogP contribution < -0.4 is 4.72 Å². The van der Waals surface area contributed by atoms with E-state index >= 15 is 0 Å². The zero-order valence-electron chi connectivity index (χ0n) is 40.2. The third-order valence-corrected chi connectivity index (χ3v) is 14.8. The summed E-state index contributed by atoms with van der Waals surface area (Å²) in [7, 11) is -3.17. The molecule has 0 amide bonds. The van der Waals surface area contributed by atoms with Crippen LogP contribution in [0.5, 0.6) is 0 Å². The minimum atomic E-state index is -3.17. The minimum Gasteiger partial charge on any atom is -0.462 e. The summed E-state index contributed by atoms with van der Waals surface area (Å²) >= 11 is 0. The van der Waals surface area contributed by atoms with E-state index in [0.29, 0.717) is 19.4 Å². The molecule has 0 aromatic rings. The Morgan fingerprint density at radius 1 is 0.500 bits per heavy atom. The van der Waals surface area contributed by atoms with E-state index in [2.05, 4.69) is 37.3 Å². The van der Waals surface area contributed by atoms with Crippen molar-refractivity contribution >= 4 is 22.0 Å². The molecule has 0 saturated heterocycles. The van der Waals surface area contributed by atoms with Crippen LogP contribution in [0.25, 0.3) is 0 Å². The number of esters is 2. The predicted octanol–water partition coefficient (Wildman–Crippen LogP) is 14.3. The lowest BCUT2D eigenvalue weighted by Crippen LogP contribution is -2.39. The summed E-state index contributed by atoms with van der Waals surface area (Å²) in [5.74, 6) is -0.0296. The lowest BCUT2D eigenvalue weighted by atomic mass is 10.0. The summed E-state index contributed by atoms with van der Waals surface area (Å²) in [6.07, 6.45) is 42.1. The number of carbonyl (C=O) groups is 2. The first kappa shape index (κ1) is 56.8. The molecule has 0 bridgehead atoms. The van der Waals surface area contributed by atoms with Crippen LogP contribution in [0.4, 0.5) is 0 Å². The van der Waals surface area contributed by atoms with Crippen LogP contribution in [0, 0.1) is 0 Å². The molecule has 0 heterocycles. The van der Waals surface area contributed by atoms with Gasteiger partial charge in [0, 0.05) is 19.4 Å². The van der Waals surface area contributed by atoms with Gasteiger partial charge in [-0.15, -0.1) is 0 Å². The van der Waals surface area contributed by atoms with E-state index < -0.39 is 10.0 Å². The molecule has 8 nitrogen and oxygen atoms in total. The number of nitrogens with zero attached hydrogens (tertiary/aromatic N) is 1. The molecule has 0 spiro atoms. The van der Waals surface area contributed by atoms with Crippen LogP contribution in [0.2, 0.25) is 0 Å². The molecule has 9 heteroatoms. The number of carbonyl (C=O) groups excluding carboxylic acids is 2.